The van der Waals surface area contributed by atoms with Gasteiger partial charge in [-0.3, -0.25) is 4.98 Å². The van der Waals surface area contributed by atoms with Gasteiger partial charge in [-0.05, 0) is 25.2 Å². The first-order chi connectivity index (χ1) is 9.20. The van der Waals surface area contributed by atoms with Crippen LogP contribution in [-0.2, 0) is 13.2 Å². The minimum atomic E-state index is -0.373. The summed E-state index contributed by atoms with van der Waals surface area (Å²) in [7, 11) is 1.84. The van der Waals surface area contributed by atoms with Crippen molar-refractivity contribution in [1.82, 2.24) is 10.3 Å². The van der Waals surface area contributed by atoms with Crippen molar-refractivity contribution in [2.24, 2.45) is 0 Å². The molecule has 0 unspecified atom stereocenters. The second-order valence-corrected chi connectivity index (χ2v) is 4.45. The summed E-state index contributed by atoms with van der Waals surface area (Å²) < 4.78 is 18.7. The summed E-state index contributed by atoms with van der Waals surface area (Å²) in [5.74, 6) is 0.314. The lowest BCUT2D eigenvalue weighted by Gasteiger charge is -2.12. The van der Waals surface area contributed by atoms with Gasteiger partial charge in [-0.1, -0.05) is 17.7 Å². The Hall–Kier alpha value is -1.65. The fraction of sp³-hybridized carbons (Fsp3) is 0.214. The number of aromatic nitrogens is 1. The molecule has 5 heteroatoms. The van der Waals surface area contributed by atoms with Gasteiger partial charge in [0.2, 0.25) is 0 Å². The molecule has 1 aromatic heterocycles. The maximum atomic E-state index is 13.0. The second-order valence-electron chi connectivity index (χ2n) is 4.05. The summed E-state index contributed by atoms with van der Waals surface area (Å²) in [4.78, 5) is 3.78. The first-order valence-corrected chi connectivity index (χ1v) is 6.22. The van der Waals surface area contributed by atoms with Crippen molar-refractivity contribution >= 4 is 11.6 Å². The van der Waals surface area contributed by atoms with E-state index in [2.05, 4.69) is 10.3 Å². The molecule has 0 aliphatic carbocycles. The fourth-order valence-corrected chi connectivity index (χ4v) is 1.95. The molecule has 0 fully saturated rings. The number of benzene rings is 1. The van der Waals surface area contributed by atoms with Crippen LogP contribution in [0, 0.1) is 5.82 Å². The zero-order valence-corrected chi connectivity index (χ0v) is 11.2. The Labute approximate surface area is 116 Å². The first kappa shape index (κ1) is 13.8. The van der Waals surface area contributed by atoms with Gasteiger partial charge in [-0.15, -0.1) is 0 Å². The van der Waals surface area contributed by atoms with Crippen molar-refractivity contribution < 1.29 is 9.13 Å². The lowest BCUT2D eigenvalue weighted by Crippen LogP contribution is -2.08. The molecule has 1 N–H and O–H groups in total. The van der Waals surface area contributed by atoms with Crippen LogP contribution in [0.1, 0.15) is 11.1 Å². The van der Waals surface area contributed by atoms with E-state index in [9.17, 15) is 4.39 Å². The van der Waals surface area contributed by atoms with E-state index in [4.69, 9.17) is 16.3 Å². The molecular weight excluding hydrogens is 267 g/mol. The van der Waals surface area contributed by atoms with Crippen LogP contribution < -0.4 is 10.1 Å². The monoisotopic (exact) mass is 280 g/mol. The predicted molar refractivity (Wildman–Crippen MR) is 72.7 cm³/mol. The van der Waals surface area contributed by atoms with Gasteiger partial charge in [0, 0.05) is 28.9 Å². The Morgan fingerprint density at radius 2 is 2.21 bits per heavy atom. The summed E-state index contributed by atoms with van der Waals surface area (Å²) in [5.41, 5.74) is 1.56. The zero-order valence-electron chi connectivity index (χ0n) is 10.5. The number of nitrogens with one attached hydrogen (secondary N) is 1. The molecule has 0 radical (unpaired) electrons. The first-order valence-electron chi connectivity index (χ1n) is 5.85. The lowest BCUT2D eigenvalue weighted by molar-refractivity contribution is 0.301. The molecule has 0 aliphatic rings. The van der Waals surface area contributed by atoms with Gasteiger partial charge in [0.1, 0.15) is 18.2 Å². The number of nitrogens with zero attached hydrogens (tertiary/aromatic N) is 1. The maximum Gasteiger partial charge on any atom is 0.141 e. The fourth-order valence-electron chi connectivity index (χ4n) is 1.72. The Bertz CT molecular complexity index is 563. The molecule has 0 spiro atoms. The van der Waals surface area contributed by atoms with Crippen molar-refractivity contribution in [3.05, 3.63) is 58.6 Å². The number of hydrogen-bond acceptors (Lipinski definition) is 3. The van der Waals surface area contributed by atoms with E-state index in [0.717, 1.165) is 11.8 Å². The third kappa shape index (κ3) is 3.66. The highest BCUT2D eigenvalue weighted by Gasteiger charge is 2.07. The molecule has 0 saturated heterocycles. The smallest absolute Gasteiger partial charge is 0.141 e. The number of hydrogen-bond donors (Lipinski definition) is 1. The van der Waals surface area contributed by atoms with Gasteiger partial charge < -0.3 is 10.1 Å². The molecule has 100 valence electrons. The largest absolute Gasteiger partial charge is 0.488 e. The minimum absolute atomic E-state index is 0.252. The summed E-state index contributed by atoms with van der Waals surface area (Å²) in [5, 5.41) is 3.68. The Morgan fingerprint density at radius 1 is 1.37 bits per heavy atom. The topological polar surface area (TPSA) is 34.1 Å². The highest BCUT2D eigenvalue weighted by Crippen LogP contribution is 2.26. The molecule has 0 saturated carbocycles. The summed E-state index contributed by atoms with van der Waals surface area (Å²) >= 11 is 6.12. The Kier molecular flexibility index (Phi) is 4.71. The Morgan fingerprint density at radius 3 is 2.95 bits per heavy atom. The van der Waals surface area contributed by atoms with E-state index in [1.54, 1.807) is 6.20 Å². The summed E-state index contributed by atoms with van der Waals surface area (Å²) in [6.45, 7) is 0.859. The van der Waals surface area contributed by atoms with Crippen molar-refractivity contribution in [3.63, 3.8) is 0 Å². The summed E-state index contributed by atoms with van der Waals surface area (Å²) in [6.07, 6.45) is 2.74. The van der Waals surface area contributed by atoms with E-state index in [-0.39, 0.29) is 12.4 Å². The molecular formula is C14H14ClFN2O. The van der Waals surface area contributed by atoms with Crippen molar-refractivity contribution in [1.29, 1.82) is 0 Å². The predicted octanol–water partition coefficient (Wildman–Crippen LogP) is 3.17. The standard InChI is InChI=1S/C14H14ClFN2O/c1-17-8-12-13(15)3-2-4-14(12)19-9-10-5-11(16)7-18-6-10/h2-7,17H,8-9H2,1H3. The van der Waals surface area contributed by atoms with Gasteiger partial charge in [0.05, 0.1) is 6.20 Å². The van der Waals surface area contributed by atoms with Crippen LogP contribution in [0.4, 0.5) is 4.39 Å². The van der Waals surface area contributed by atoms with Crippen LogP contribution >= 0.6 is 11.6 Å². The molecule has 3 nitrogen and oxygen atoms in total. The minimum Gasteiger partial charge on any atom is -0.488 e. The van der Waals surface area contributed by atoms with Gasteiger partial charge in [0.15, 0.2) is 0 Å². The molecule has 2 aromatic rings. The average Bonchev–Trinajstić information content (AvgIpc) is 2.40. The molecule has 1 aromatic carbocycles. The van der Waals surface area contributed by atoms with E-state index in [0.29, 0.717) is 22.9 Å². The van der Waals surface area contributed by atoms with E-state index in [1.165, 1.54) is 6.07 Å². The summed E-state index contributed by atoms with van der Waals surface area (Å²) in [6, 6.07) is 6.87. The third-order valence-corrected chi connectivity index (χ3v) is 2.94. The van der Waals surface area contributed by atoms with Crippen molar-refractivity contribution in [2.75, 3.05) is 7.05 Å². The highest BCUT2D eigenvalue weighted by molar-refractivity contribution is 6.31. The Balaban J connectivity index is 2.13. The molecule has 0 atom stereocenters. The van der Waals surface area contributed by atoms with Gasteiger partial charge in [0.25, 0.3) is 0 Å². The van der Waals surface area contributed by atoms with Gasteiger partial charge >= 0.3 is 0 Å². The molecule has 0 amide bonds. The number of rotatable bonds is 5. The van der Waals surface area contributed by atoms with Crippen molar-refractivity contribution in [3.8, 4) is 5.75 Å². The third-order valence-electron chi connectivity index (χ3n) is 2.59. The number of pyridine rings is 1. The zero-order chi connectivity index (χ0) is 13.7. The lowest BCUT2D eigenvalue weighted by atomic mass is 10.2. The molecule has 2 rings (SSSR count). The van der Waals surface area contributed by atoms with E-state index < -0.39 is 0 Å². The van der Waals surface area contributed by atoms with Gasteiger partial charge in [-0.2, -0.15) is 0 Å². The normalized spacial score (nSPS) is 10.5. The molecule has 0 aliphatic heterocycles. The van der Waals surface area contributed by atoms with E-state index >= 15 is 0 Å². The number of halogens is 2. The van der Waals surface area contributed by atoms with E-state index in [1.807, 2.05) is 25.2 Å². The second kappa shape index (κ2) is 6.50. The molecule has 0 bridgehead atoms. The quantitative estimate of drug-likeness (QED) is 0.913. The van der Waals surface area contributed by atoms with Crippen LogP contribution in [0.5, 0.6) is 5.75 Å². The SMILES string of the molecule is CNCc1c(Cl)cccc1OCc1cncc(F)c1. The van der Waals surface area contributed by atoms with Crippen molar-refractivity contribution in [2.45, 2.75) is 13.2 Å². The highest BCUT2D eigenvalue weighted by atomic mass is 35.5. The average molecular weight is 281 g/mol. The molecule has 19 heavy (non-hydrogen) atoms. The van der Waals surface area contributed by atoms with Crippen LogP contribution in [-0.4, -0.2) is 12.0 Å². The van der Waals surface area contributed by atoms with Crippen LogP contribution in [0.2, 0.25) is 5.02 Å². The van der Waals surface area contributed by atoms with Crippen LogP contribution in [0.3, 0.4) is 0 Å². The van der Waals surface area contributed by atoms with Crippen LogP contribution in [0.15, 0.2) is 36.7 Å². The van der Waals surface area contributed by atoms with Gasteiger partial charge in [-0.25, -0.2) is 4.39 Å². The molecule has 1 heterocycles. The number of ether oxygens (including phenoxy) is 1. The maximum absolute atomic E-state index is 13.0. The van der Waals surface area contributed by atoms with Crippen LogP contribution in [0.25, 0.3) is 0 Å².